The van der Waals surface area contributed by atoms with Crippen molar-refractivity contribution in [2.24, 2.45) is 11.8 Å². The lowest BCUT2D eigenvalue weighted by Crippen LogP contribution is -2.52. The van der Waals surface area contributed by atoms with Gasteiger partial charge in [0.25, 0.3) is 0 Å². The third kappa shape index (κ3) is 2.83. The van der Waals surface area contributed by atoms with Crippen molar-refractivity contribution >= 4 is 5.97 Å². The first-order valence-corrected chi connectivity index (χ1v) is 9.31. The number of fused-ring (bicyclic) bond motifs is 1. The summed E-state index contributed by atoms with van der Waals surface area (Å²) in [6.07, 6.45) is 0. The summed E-state index contributed by atoms with van der Waals surface area (Å²) in [6, 6.07) is 15.3. The molecule has 148 valence electrons. The molecule has 7 nitrogen and oxygen atoms in total. The quantitative estimate of drug-likeness (QED) is 0.626. The van der Waals surface area contributed by atoms with Crippen LogP contribution in [0, 0.1) is 5.92 Å². The van der Waals surface area contributed by atoms with E-state index in [1.807, 2.05) is 48.5 Å². The highest BCUT2D eigenvalue weighted by Gasteiger charge is 2.59. The molecule has 2 aromatic rings. The van der Waals surface area contributed by atoms with Crippen LogP contribution in [0.2, 0.25) is 0 Å². The van der Waals surface area contributed by atoms with Crippen LogP contribution in [0.3, 0.4) is 0 Å². The lowest BCUT2D eigenvalue weighted by atomic mass is 9.80. The van der Waals surface area contributed by atoms with E-state index in [4.69, 9.17) is 24.8 Å². The Morgan fingerprint density at radius 3 is 2.68 bits per heavy atom. The Morgan fingerprint density at radius 2 is 1.96 bits per heavy atom. The van der Waals surface area contributed by atoms with Crippen LogP contribution >= 0.6 is 0 Å². The molecular weight excluding hydrogens is 360 g/mol. The van der Waals surface area contributed by atoms with Crippen molar-refractivity contribution in [1.82, 2.24) is 5.01 Å². The van der Waals surface area contributed by atoms with E-state index in [1.54, 1.807) is 19.0 Å². The second-order valence-electron chi connectivity index (χ2n) is 6.87. The van der Waals surface area contributed by atoms with Crippen molar-refractivity contribution < 1.29 is 23.7 Å². The molecule has 2 heterocycles. The predicted molar refractivity (Wildman–Crippen MR) is 101 cm³/mol. The lowest BCUT2D eigenvalue weighted by Gasteiger charge is -2.38. The number of esters is 1. The van der Waals surface area contributed by atoms with E-state index in [0.717, 1.165) is 11.1 Å². The first-order valence-electron chi connectivity index (χ1n) is 9.31. The van der Waals surface area contributed by atoms with Gasteiger partial charge in [0, 0.05) is 25.1 Å². The summed E-state index contributed by atoms with van der Waals surface area (Å²) >= 11 is 0. The van der Waals surface area contributed by atoms with Crippen LogP contribution in [-0.4, -0.2) is 38.0 Å². The monoisotopic (exact) mass is 384 g/mol. The van der Waals surface area contributed by atoms with Gasteiger partial charge in [-0.25, -0.2) is 5.01 Å². The maximum Gasteiger partial charge on any atom is 0.314 e. The van der Waals surface area contributed by atoms with E-state index in [2.05, 4.69) is 0 Å². The van der Waals surface area contributed by atoms with Crippen LogP contribution in [0.25, 0.3) is 0 Å². The predicted octanol–water partition coefficient (Wildman–Crippen LogP) is 2.37. The van der Waals surface area contributed by atoms with Crippen molar-refractivity contribution in [1.29, 1.82) is 0 Å². The highest BCUT2D eigenvalue weighted by atomic mass is 16.7. The van der Waals surface area contributed by atoms with E-state index < -0.39 is 11.6 Å². The summed E-state index contributed by atoms with van der Waals surface area (Å²) < 4.78 is 22.3. The van der Waals surface area contributed by atoms with Crippen LogP contribution < -0.4 is 15.3 Å². The molecule has 3 atom stereocenters. The van der Waals surface area contributed by atoms with Crippen LogP contribution in [0.5, 0.6) is 11.5 Å². The normalized spacial score (nSPS) is 26.4. The smallest absolute Gasteiger partial charge is 0.314 e. The van der Waals surface area contributed by atoms with E-state index in [-0.39, 0.29) is 25.3 Å². The summed E-state index contributed by atoms with van der Waals surface area (Å²) in [5, 5.41) is 1.60. The van der Waals surface area contributed by atoms with Crippen molar-refractivity contribution in [3.05, 3.63) is 59.7 Å². The van der Waals surface area contributed by atoms with Crippen molar-refractivity contribution in [3.8, 4) is 11.5 Å². The molecule has 0 aromatic heterocycles. The molecule has 3 unspecified atom stereocenters. The average molecular weight is 384 g/mol. The molecule has 0 bridgehead atoms. The Labute approximate surface area is 163 Å². The van der Waals surface area contributed by atoms with Crippen LogP contribution in [0.15, 0.2) is 48.5 Å². The maximum absolute atomic E-state index is 13.1. The molecule has 2 aromatic carbocycles. The summed E-state index contributed by atoms with van der Waals surface area (Å²) in [5.74, 6) is 6.60. The summed E-state index contributed by atoms with van der Waals surface area (Å²) in [6.45, 7) is 2.69. The number of nitrogens with two attached hydrogens (primary N) is 1. The molecule has 28 heavy (non-hydrogen) atoms. The molecule has 0 radical (unpaired) electrons. The minimum absolute atomic E-state index is 0.194. The van der Waals surface area contributed by atoms with Gasteiger partial charge in [-0.1, -0.05) is 36.4 Å². The highest BCUT2D eigenvalue weighted by molar-refractivity contribution is 5.76. The first kappa shape index (κ1) is 18.7. The zero-order chi connectivity index (χ0) is 19.7. The zero-order valence-electron chi connectivity index (χ0n) is 16.0. The summed E-state index contributed by atoms with van der Waals surface area (Å²) in [5.41, 5.74) is 0.600. The third-order valence-electron chi connectivity index (χ3n) is 5.51. The molecule has 4 rings (SSSR count). The number of methoxy groups -OCH3 is 1. The largest absolute Gasteiger partial charge is 0.466 e. The molecule has 0 aliphatic carbocycles. The number of hydrazine groups is 1. The number of hydrogen-bond acceptors (Lipinski definition) is 7. The number of nitrogens with zero attached hydrogens (tertiary/aromatic N) is 1. The average Bonchev–Trinajstić information content (AvgIpc) is 3.30. The molecule has 0 amide bonds. The number of carbonyl (C=O) groups is 1. The second-order valence-corrected chi connectivity index (χ2v) is 6.87. The number of carbonyl (C=O) groups excluding carboxylic acids is 1. The third-order valence-corrected chi connectivity index (χ3v) is 5.51. The maximum atomic E-state index is 13.1. The number of ether oxygens (including phenoxy) is 4. The molecule has 2 aliphatic rings. The summed E-state index contributed by atoms with van der Waals surface area (Å²) in [7, 11) is 1.57. The minimum Gasteiger partial charge on any atom is -0.466 e. The van der Waals surface area contributed by atoms with E-state index in [1.165, 1.54) is 0 Å². The molecule has 0 spiro atoms. The zero-order valence-corrected chi connectivity index (χ0v) is 16.0. The van der Waals surface area contributed by atoms with Crippen LogP contribution in [-0.2, 0) is 20.0 Å². The van der Waals surface area contributed by atoms with Crippen molar-refractivity contribution in [2.45, 2.75) is 18.6 Å². The fourth-order valence-electron chi connectivity index (χ4n) is 4.29. The SMILES string of the molecule is CCOC(=O)C1C(c2ccc3c(c2)OCO3)CN(N)C1(OC)c1ccccc1. The van der Waals surface area contributed by atoms with Gasteiger partial charge in [-0.05, 0) is 24.6 Å². The Balaban J connectivity index is 1.82. The molecule has 0 saturated carbocycles. The number of rotatable bonds is 5. The molecule has 1 fully saturated rings. The van der Waals surface area contributed by atoms with Gasteiger partial charge in [0.15, 0.2) is 17.2 Å². The van der Waals surface area contributed by atoms with E-state index in [9.17, 15) is 4.79 Å². The van der Waals surface area contributed by atoms with Gasteiger partial charge in [0.2, 0.25) is 6.79 Å². The van der Waals surface area contributed by atoms with E-state index in [0.29, 0.717) is 18.0 Å². The van der Waals surface area contributed by atoms with Crippen LogP contribution in [0.4, 0.5) is 0 Å². The van der Waals surface area contributed by atoms with Gasteiger partial charge in [0.1, 0.15) is 5.92 Å². The Morgan fingerprint density at radius 1 is 1.21 bits per heavy atom. The van der Waals surface area contributed by atoms with Crippen LogP contribution in [0.1, 0.15) is 24.0 Å². The standard InChI is InChI=1S/C21H24N2O5/c1-3-26-20(24)19-16(14-9-10-17-18(11-14)28-13-27-17)12-23(22)21(19,25-2)15-7-5-4-6-8-15/h4-11,16,19H,3,12-13,22H2,1-2H3. The van der Waals surface area contributed by atoms with Gasteiger partial charge in [-0.15, -0.1) is 0 Å². The second kappa shape index (κ2) is 7.43. The number of hydrogen-bond donors (Lipinski definition) is 1. The molecule has 7 heteroatoms. The van der Waals surface area contributed by atoms with Gasteiger partial charge in [-0.2, -0.15) is 0 Å². The summed E-state index contributed by atoms with van der Waals surface area (Å²) in [4.78, 5) is 13.1. The van der Waals surface area contributed by atoms with Gasteiger partial charge >= 0.3 is 5.97 Å². The van der Waals surface area contributed by atoms with Gasteiger partial charge in [-0.3, -0.25) is 10.6 Å². The molecule has 2 aliphatic heterocycles. The minimum atomic E-state index is -1.13. The fraction of sp³-hybridized carbons (Fsp3) is 0.381. The van der Waals surface area contributed by atoms with Gasteiger partial charge in [0.05, 0.1) is 6.61 Å². The van der Waals surface area contributed by atoms with Crippen molar-refractivity contribution in [3.63, 3.8) is 0 Å². The molecule has 1 saturated heterocycles. The highest BCUT2D eigenvalue weighted by Crippen LogP contribution is 2.50. The topological polar surface area (TPSA) is 83.3 Å². The first-order chi connectivity index (χ1) is 13.6. The van der Waals surface area contributed by atoms with Gasteiger partial charge < -0.3 is 18.9 Å². The Kier molecular flexibility index (Phi) is 4.97. The number of benzene rings is 2. The lowest BCUT2D eigenvalue weighted by molar-refractivity contribution is -0.181. The fourth-order valence-corrected chi connectivity index (χ4v) is 4.29. The van der Waals surface area contributed by atoms with E-state index >= 15 is 0 Å². The molecule has 2 N–H and O–H groups in total. The van der Waals surface area contributed by atoms with Crippen molar-refractivity contribution in [2.75, 3.05) is 27.1 Å². The Hall–Kier alpha value is -2.61. The Bertz CT molecular complexity index is 859. The molecular formula is C21H24N2O5.